The molecule has 2 aliphatic rings. The second kappa shape index (κ2) is 8.14. The van der Waals surface area contributed by atoms with Crippen LogP contribution in [-0.4, -0.2) is 56.7 Å². The summed E-state index contributed by atoms with van der Waals surface area (Å²) in [5.41, 5.74) is 4.32. The van der Waals surface area contributed by atoms with Crippen molar-refractivity contribution in [1.29, 1.82) is 0 Å². The molecule has 4 aromatic rings. The summed E-state index contributed by atoms with van der Waals surface area (Å²) in [5.74, 6) is -2.99. The van der Waals surface area contributed by atoms with Crippen LogP contribution in [0, 0.1) is 11.6 Å². The fourth-order valence-corrected chi connectivity index (χ4v) is 5.29. The summed E-state index contributed by atoms with van der Waals surface area (Å²) in [6.07, 6.45) is 2.58. The molecule has 0 saturated carbocycles. The number of carbonyl (C=O) groups is 1. The zero-order chi connectivity index (χ0) is 23.4. The summed E-state index contributed by atoms with van der Waals surface area (Å²) in [6, 6.07) is 5.79. The van der Waals surface area contributed by atoms with Gasteiger partial charge in [0, 0.05) is 53.4 Å². The van der Waals surface area contributed by atoms with Crippen LogP contribution >= 0.6 is 0 Å². The van der Waals surface area contributed by atoms with Crippen molar-refractivity contribution >= 4 is 28.0 Å². The lowest BCUT2D eigenvalue weighted by atomic mass is 9.87. The molecule has 2 fully saturated rings. The van der Waals surface area contributed by atoms with Crippen molar-refractivity contribution in [3.05, 3.63) is 53.4 Å². The van der Waals surface area contributed by atoms with Gasteiger partial charge in [-0.25, -0.2) is 18.6 Å². The molecule has 3 aromatic heterocycles. The van der Waals surface area contributed by atoms with Crippen molar-refractivity contribution in [3.63, 3.8) is 0 Å². The van der Waals surface area contributed by atoms with E-state index in [-0.39, 0.29) is 18.4 Å². The quantitative estimate of drug-likeness (QED) is 0.469. The van der Waals surface area contributed by atoms with E-state index in [9.17, 15) is 18.7 Å². The average Bonchev–Trinajstić information content (AvgIpc) is 3.56. The highest BCUT2D eigenvalue weighted by atomic mass is 19.2. The topological polar surface area (TPSA) is 102 Å². The number of benzene rings is 1. The van der Waals surface area contributed by atoms with Gasteiger partial charge in [-0.2, -0.15) is 5.10 Å². The zero-order valence-corrected chi connectivity index (χ0v) is 18.1. The van der Waals surface area contributed by atoms with Gasteiger partial charge < -0.3 is 19.1 Å². The monoisotopic (exact) mass is 468 g/mol. The predicted octanol–water partition coefficient (Wildman–Crippen LogP) is 4.03. The van der Waals surface area contributed by atoms with E-state index in [1.165, 1.54) is 6.07 Å². The van der Waals surface area contributed by atoms with Crippen LogP contribution in [0.3, 0.4) is 0 Å². The van der Waals surface area contributed by atoms with Crippen LogP contribution in [-0.2, 0) is 14.3 Å². The lowest BCUT2D eigenvalue weighted by molar-refractivity contribution is -0.147. The summed E-state index contributed by atoms with van der Waals surface area (Å²) in [7, 11) is 0. The molecule has 2 aliphatic heterocycles. The number of hydrogen-bond donors (Lipinski definition) is 2. The van der Waals surface area contributed by atoms with E-state index in [1.54, 1.807) is 12.3 Å². The van der Waals surface area contributed by atoms with E-state index in [2.05, 4.69) is 10.2 Å². The Balaban J connectivity index is 1.66. The van der Waals surface area contributed by atoms with E-state index in [1.807, 2.05) is 10.6 Å². The summed E-state index contributed by atoms with van der Waals surface area (Å²) >= 11 is 0. The Kier molecular flexibility index (Phi) is 5.07. The molecule has 176 valence electrons. The van der Waals surface area contributed by atoms with Gasteiger partial charge in [0.15, 0.2) is 23.4 Å². The molecule has 0 unspecified atom stereocenters. The van der Waals surface area contributed by atoms with E-state index in [0.717, 1.165) is 41.1 Å². The molecule has 8 nitrogen and oxygen atoms in total. The molecular weight excluding hydrogens is 446 g/mol. The number of carboxylic acid groups (broad SMARTS) is 1. The van der Waals surface area contributed by atoms with Crippen molar-refractivity contribution in [2.75, 3.05) is 19.8 Å². The fraction of sp³-hybridized carbons (Fsp3) is 0.375. The molecule has 2 saturated heterocycles. The molecule has 34 heavy (non-hydrogen) atoms. The van der Waals surface area contributed by atoms with Crippen molar-refractivity contribution in [2.24, 2.45) is 0 Å². The number of nitrogens with zero attached hydrogens (tertiary/aromatic N) is 3. The Morgan fingerprint density at radius 3 is 2.71 bits per heavy atom. The van der Waals surface area contributed by atoms with Crippen molar-refractivity contribution in [3.8, 4) is 5.69 Å². The summed E-state index contributed by atoms with van der Waals surface area (Å²) in [4.78, 5) is 16.5. The maximum atomic E-state index is 14.4. The van der Waals surface area contributed by atoms with Crippen LogP contribution in [0.4, 0.5) is 8.78 Å². The van der Waals surface area contributed by atoms with Gasteiger partial charge in [0.05, 0.1) is 23.8 Å². The Bertz CT molecular complexity index is 1410. The number of hydrogen-bond acceptors (Lipinski definition) is 5. The molecule has 0 spiro atoms. The molecule has 0 bridgehead atoms. The molecule has 0 aliphatic carbocycles. The SMILES string of the molecule is O=C(O)[C@H]1C[C@H](c2c(C3CCOCC3)n(-c3ccc(F)c(F)c3)c3cc4cn[nH]c4nc23)CO1. The van der Waals surface area contributed by atoms with Gasteiger partial charge in [0.25, 0.3) is 0 Å². The van der Waals surface area contributed by atoms with Crippen LogP contribution in [0.15, 0.2) is 30.5 Å². The third-order valence-corrected chi connectivity index (χ3v) is 6.87. The number of carboxylic acids is 1. The number of fused-ring (bicyclic) bond motifs is 2. The summed E-state index contributed by atoms with van der Waals surface area (Å²) in [6.45, 7) is 1.41. The minimum Gasteiger partial charge on any atom is -0.479 e. The van der Waals surface area contributed by atoms with Crippen LogP contribution in [0.2, 0.25) is 0 Å². The summed E-state index contributed by atoms with van der Waals surface area (Å²) in [5, 5.41) is 17.3. The first kappa shape index (κ1) is 21.2. The van der Waals surface area contributed by atoms with Crippen molar-refractivity contribution < 1.29 is 28.2 Å². The standard InChI is InChI=1S/C24H22F2N4O4/c25-16-2-1-15(9-17(16)26)30-18-7-13-10-27-29-23(13)28-21(18)20(14-8-19(24(31)32)34-11-14)22(30)12-3-5-33-6-4-12/h1-2,7,9-10,12,14,19H,3-6,8,11H2,(H,31,32)(H,27,28,29)/t14-,19+/m0/s1. The van der Waals surface area contributed by atoms with Gasteiger partial charge in [0.2, 0.25) is 0 Å². The molecular formula is C24H22F2N4O4. The minimum absolute atomic E-state index is 0.0754. The van der Waals surface area contributed by atoms with E-state index in [4.69, 9.17) is 14.5 Å². The van der Waals surface area contributed by atoms with E-state index in [0.29, 0.717) is 36.5 Å². The lowest BCUT2D eigenvalue weighted by Crippen LogP contribution is -2.20. The number of halogens is 2. The van der Waals surface area contributed by atoms with Crippen molar-refractivity contribution in [2.45, 2.75) is 37.2 Å². The molecule has 2 atom stereocenters. The first-order valence-corrected chi connectivity index (χ1v) is 11.3. The first-order valence-electron chi connectivity index (χ1n) is 11.3. The van der Waals surface area contributed by atoms with Gasteiger partial charge in [0.1, 0.15) is 0 Å². The molecule has 0 radical (unpaired) electrons. The highest BCUT2D eigenvalue weighted by Crippen LogP contribution is 2.44. The molecule has 2 N–H and O–H groups in total. The highest BCUT2D eigenvalue weighted by Gasteiger charge is 2.38. The smallest absolute Gasteiger partial charge is 0.332 e. The molecule has 6 rings (SSSR count). The van der Waals surface area contributed by atoms with Crippen LogP contribution in [0.25, 0.3) is 27.8 Å². The van der Waals surface area contributed by atoms with Gasteiger partial charge in [-0.05, 0) is 37.5 Å². The lowest BCUT2D eigenvalue weighted by Gasteiger charge is -2.26. The molecule has 1 aromatic carbocycles. The van der Waals surface area contributed by atoms with Gasteiger partial charge in [-0.15, -0.1) is 0 Å². The van der Waals surface area contributed by atoms with E-state index < -0.39 is 23.7 Å². The van der Waals surface area contributed by atoms with E-state index >= 15 is 0 Å². The number of aliphatic carboxylic acids is 1. The molecule has 0 amide bonds. The Hall–Kier alpha value is -3.37. The fourth-order valence-electron chi connectivity index (χ4n) is 5.29. The Morgan fingerprint density at radius 2 is 1.97 bits per heavy atom. The number of ether oxygens (including phenoxy) is 2. The van der Waals surface area contributed by atoms with Gasteiger partial charge in [-0.3, -0.25) is 5.10 Å². The molecule has 5 heterocycles. The second-order valence-corrected chi connectivity index (χ2v) is 8.88. The number of aromatic amines is 1. The first-order chi connectivity index (χ1) is 16.5. The maximum absolute atomic E-state index is 14.4. The van der Waals surface area contributed by atoms with Gasteiger partial charge in [-0.1, -0.05) is 0 Å². The largest absolute Gasteiger partial charge is 0.479 e. The maximum Gasteiger partial charge on any atom is 0.332 e. The predicted molar refractivity (Wildman–Crippen MR) is 118 cm³/mol. The van der Waals surface area contributed by atoms with Crippen molar-refractivity contribution in [1.82, 2.24) is 19.7 Å². The highest BCUT2D eigenvalue weighted by molar-refractivity contribution is 5.94. The third-order valence-electron chi connectivity index (χ3n) is 6.87. The Morgan fingerprint density at radius 1 is 1.15 bits per heavy atom. The number of rotatable bonds is 4. The third kappa shape index (κ3) is 3.36. The summed E-state index contributed by atoms with van der Waals surface area (Å²) < 4.78 is 41.3. The zero-order valence-electron chi connectivity index (χ0n) is 18.1. The number of pyridine rings is 1. The van der Waals surface area contributed by atoms with Crippen LogP contribution in [0.5, 0.6) is 0 Å². The average molecular weight is 468 g/mol. The number of nitrogens with one attached hydrogen (secondary N) is 1. The van der Waals surface area contributed by atoms with Gasteiger partial charge >= 0.3 is 5.97 Å². The normalized spacial score (nSPS) is 21.6. The van der Waals surface area contributed by atoms with Crippen LogP contribution < -0.4 is 0 Å². The van der Waals surface area contributed by atoms with Crippen LogP contribution in [0.1, 0.15) is 42.4 Å². The Labute approximate surface area is 192 Å². The second-order valence-electron chi connectivity index (χ2n) is 8.88. The molecule has 10 heteroatoms. The minimum atomic E-state index is -0.997. The number of H-pyrrole nitrogens is 1. The number of aromatic nitrogens is 4.